The molecule has 2 aliphatic rings. The number of epoxide rings is 2. The van der Waals surface area contributed by atoms with E-state index in [0.717, 1.165) is 13.7 Å². The Morgan fingerprint density at radius 1 is 1.04 bits per heavy atom. The lowest BCUT2D eigenvalue weighted by atomic mass is 10.4. The first-order chi connectivity index (χ1) is 12.7. The molecule has 11 nitrogen and oxygen atoms in total. The molecule has 3 heterocycles. The highest BCUT2D eigenvalue weighted by Gasteiger charge is 2.30. The van der Waals surface area contributed by atoms with Gasteiger partial charge in [-0.05, 0) is 0 Å². The average molecular weight is 405 g/mol. The van der Waals surface area contributed by atoms with Crippen molar-refractivity contribution in [3.63, 3.8) is 0 Å². The van der Waals surface area contributed by atoms with E-state index in [1.165, 1.54) is 0 Å². The van der Waals surface area contributed by atoms with Gasteiger partial charge >= 0.3 is 17.1 Å². The standard InChI is InChI=1S/C15H23N3O8S/c1-2-15(23,24)27-8-9(19)3-16-12(20)17(4-10-6-25-10)14(22)18(13(16)21)5-11-7-26-11/h9-11,19,23-24H,2-8H2,1H3. The minimum atomic E-state index is -2.00. The molecule has 1 aromatic heterocycles. The van der Waals surface area contributed by atoms with E-state index >= 15 is 0 Å². The normalized spacial score (nSPS) is 22.7. The second-order valence-electron chi connectivity index (χ2n) is 6.65. The smallest absolute Gasteiger partial charge is 0.336 e. The van der Waals surface area contributed by atoms with Crippen LogP contribution in [0.25, 0.3) is 0 Å². The van der Waals surface area contributed by atoms with Crippen molar-refractivity contribution < 1.29 is 24.8 Å². The molecule has 0 aromatic carbocycles. The Morgan fingerprint density at radius 2 is 1.48 bits per heavy atom. The van der Waals surface area contributed by atoms with Crippen molar-refractivity contribution in [2.75, 3.05) is 19.0 Å². The van der Waals surface area contributed by atoms with E-state index < -0.39 is 28.3 Å². The van der Waals surface area contributed by atoms with E-state index in [-0.39, 0.29) is 44.0 Å². The van der Waals surface area contributed by atoms with Gasteiger partial charge in [-0.2, -0.15) is 0 Å². The third-order valence-electron chi connectivity index (χ3n) is 4.32. The Balaban J connectivity index is 1.87. The first-order valence-corrected chi connectivity index (χ1v) is 9.65. The summed E-state index contributed by atoms with van der Waals surface area (Å²) in [6.07, 6.45) is -1.65. The molecule has 3 rings (SSSR count). The lowest BCUT2D eigenvalue weighted by molar-refractivity contribution is -0.0779. The van der Waals surface area contributed by atoms with Crippen molar-refractivity contribution in [2.45, 2.75) is 56.4 Å². The monoisotopic (exact) mass is 405 g/mol. The number of aliphatic hydroxyl groups excluding tert-OH is 1. The summed E-state index contributed by atoms with van der Waals surface area (Å²) in [4.78, 5) is 37.8. The number of nitrogens with zero attached hydrogens (tertiary/aromatic N) is 3. The van der Waals surface area contributed by atoms with E-state index in [1.807, 2.05) is 0 Å². The van der Waals surface area contributed by atoms with Crippen LogP contribution in [0.2, 0.25) is 0 Å². The van der Waals surface area contributed by atoms with Gasteiger partial charge in [0.05, 0.1) is 51.2 Å². The van der Waals surface area contributed by atoms with Gasteiger partial charge in [0.15, 0.2) is 0 Å². The van der Waals surface area contributed by atoms with Gasteiger partial charge in [-0.1, -0.05) is 18.7 Å². The number of ether oxygens (including phenoxy) is 2. The van der Waals surface area contributed by atoms with Crippen molar-refractivity contribution in [1.82, 2.24) is 13.7 Å². The fourth-order valence-electron chi connectivity index (χ4n) is 2.50. The van der Waals surface area contributed by atoms with Crippen molar-refractivity contribution in [2.24, 2.45) is 0 Å². The maximum atomic E-state index is 12.6. The number of rotatable bonds is 10. The van der Waals surface area contributed by atoms with Crippen LogP contribution in [-0.4, -0.2) is 71.4 Å². The zero-order valence-electron chi connectivity index (χ0n) is 14.8. The molecule has 0 aliphatic carbocycles. The highest BCUT2D eigenvalue weighted by molar-refractivity contribution is 8.00. The third kappa shape index (κ3) is 5.09. The van der Waals surface area contributed by atoms with Gasteiger partial charge in [-0.3, -0.25) is 0 Å². The zero-order valence-corrected chi connectivity index (χ0v) is 15.6. The Hall–Kier alpha value is -1.44. The fraction of sp³-hybridized carbons (Fsp3) is 0.800. The van der Waals surface area contributed by atoms with Crippen LogP contribution in [0.4, 0.5) is 0 Å². The summed E-state index contributed by atoms with van der Waals surface area (Å²) in [6.45, 7) is 2.12. The molecule has 3 unspecified atom stereocenters. The van der Waals surface area contributed by atoms with Gasteiger partial charge in [0.25, 0.3) is 0 Å². The van der Waals surface area contributed by atoms with Gasteiger partial charge in [0.1, 0.15) is 0 Å². The minimum Gasteiger partial charge on any atom is -0.390 e. The molecule has 2 saturated heterocycles. The lowest BCUT2D eigenvalue weighted by Crippen LogP contribution is -2.56. The van der Waals surface area contributed by atoms with E-state index in [1.54, 1.807) is 6.92 Å². The first kappa shape index (κ1) is 20.3. The molecule has 0 saturated carbocycles. The van der Waals surface area contributed by atoms with Crippen LogP contribution in [0.3, 0.4) is 0 Å². The van der Waals surface area contributed by atoms with Crippen molar-refractivity contribution >= 4 is 11.8 Å². The molecule has 27 heavy (non-hydrogen) atoms. The Kier molecular flexibility index (Phi) is 5.93. The fourth-order valence-corrected chi connectivity index (χ4v) is 3.27. The van der Waals surface area contributed by atoms with E-state index in [4.69, 9.17) is 9.47 Å². The highest BCUT2D eigenvalue weighted by Crippen LogP contribution is 2.23. The summed E-state index contributed by atoms with van der Waals surface area (Å²) in [5, 5.41) is 27.3. The van der Waals surface area contributed by atoms with E-state index in [0.29, 0.717) is 25.0 Å². The molecule has 152 valence electrons. The molecule has 2 fully saturated rings. The molecule has 0 spiro atoms. The number of hydrogen-bond donors (Lipinski definition) is 3. The second kappa shape index (κ2) is 7.89. The average Bonchev–Trinajstić information content (AvgIpc) is 3.53. The van der Waals surface area contributed by atoms with Crippen LogP contribution in [0.1, 0.15) is 13.3 Å². The first-order valence-electron chi connectivity index (χ1n) is 8.66. The summed E-state index contributed by atoms with van der Waals surface area (Å²) < 4.78 is 12.8. The summed E-state index contributed by atoms with van der Waals surface area (Å²) >= 11 is 0.699. The largest absolute Gasteiger partial charge is 0.390 e. The topological polar surface area (TPSA) is 152 Å². The Labute approximate surface area is 157 Å². The number of hydrogen-bond acceptors (Lipinski definition) is 9. The zero-order chi connectivity index (χ0) is 19.8. The summed E-state index contributed by atoms with van der Waals surface area (Å²) in [5.41, 5.74) is -2.38. The molecule has 3 atom stereocenters. The molecule has 1 aromatic rings. The van der Waals surface area contributed by atoms with Crippen molar-refractivity contribution in [3.05, 3.63) is 31.5 Å². The van der Waals surface area contributed by atoms with Crippen LogP contribution < -0.4 is 17.1 Å². The Bertz CT molecular complexity index is 800. The molecular formula is C15H23N3O8S. The molecule has 12 heteroatoms. The van der Waals surface area contributed by atoms with E-state index in [9.17, 15) is 29.7 Å². The summed E-state index contributed by atoms with van der Waals surface area (Å²) in [5.74, 6) is -0.108. The molecule has 2 aliphatic heterocycles. The lowest BCUT2D eigenvalue weighted by Gasteiger charge is -2.21. The SMILES string of the molecule is CCC(O)(O)SCC(O)Cn1c(=O)n(CC2CO2)c(=O)n(CC2CO2)c1=O. The van der Waals surface area contributed by atoms with Gasteiger partial charge in [0, 0.05) is 12.2 Å². The van der Waals surface area contributed by atoms with Crippen LogP contribution in [0.5, 0.6) is 0 Å². The third-order valence-corrected chi connectivity index (χ3v) is 5.63. The molecule has 0 amide bonds. The van der Waals surface area contributed by atoms with Crippen LogP contribution in [0, 0.1) is 0 Å². The van der Waals surface area contributed by atoms with Gasteiger partial charge < -0.3 is 24.8 Å². The van der Waals surface area contributed by atoms with Crippen LogP contribution >= 0.6 is 11.8 Å². The summed E-state index contributed by atoms with van der Waals surface area (Å²) in [7, 11) is 0. The van der Waals surface area contributed by atoms with Crippen molar-refractivity contribution in [3.8, 4) is 0 Å². The van der Waals surface area contributed by atoms with Gasteiger partial charge in [-0.25, -0.2) is 28.1 Å². The predicted molar refractivity (Wildman–Crippen MR) is 94.6 cm³/mol. The number of thioether (sulfide) groups is 1. The molecular weight excluding hydrogens is 382 g/mol. The maximum Gasteiger partial charge on any atom is 0.336 e. The second-order valence-corrected chi connectivity index (χ2v) is 7.93. The summed E-state index contributed by atoms with van der Waals surface area (Å²) in [6, 6.07) is 0. The Morgan fingerprint density at radius 3 is 1.89 bits per heavy atom. The quantitative estimate of drug-likeness (QED) is 0.275. The van der Waals surface area contributed by atoms with Crippen LogP contribution in [0.15, 0.2) is 14.4 Å². The predicted octanol–water partition coefficient (Wildman–Crippen LogP) is -2.89. The van der Waals surface area contributed by atoms with Gasteiger partial charge in [-0.15, -0.1) is 0 Å². The highest BCUT2D eigenvalue weighted by atomic mass is 32.2. The van der Waals surface area contributed by atoms with Crippen molar-refractivity contribution in [1.29, 1.82) is 0 Å². The number of aromatic nitrogens is 3. The maximum absolute atomic E-state index is 12.6. The van der Waals surface area contributed by atoms with E-state index in [2.05, 4.69) is 0 Å². The minimum absolute atomic E-state index is 0.0283. The molecule has 0 radical (unpaired) electrons. The molecule has 3 N–H and O–H groups in total. The van der Waals surface area contributed by atoms with Crippen LogP contribution in [-0.2, 0) is 29.1 Å². The molecule has 0 bridgehead atoms. The van der Waals surface area contributed by atoms with Gasteiger partial charge in [0.2, 0.25) is 5.12 Å². The number of aliphatic hydroxyl groups is 3.